The predicted octanol–water partition coefficient (Wildman–Crippen LogP) is 13.2. The third-order valence-electron chi connectivity index (χ3n) is 12.1. The maximum Gasteiger partial charge on any atom is 0.0485 e. The van der Waals surface area contributed by atoms with Gasteiger partial charge >= 0.3 is 0 Å². The van der Waals surface area contributed by atoms with E-state index in [9.17, 15) is 13.2 Å². The third-order valence-corrected chi connectivity index (χ3v) is 12.1. The van der Waals surface area contributed by atoms with Gasteiger partial charge in [0.15, 0.2) is 0 Å². The van der Waals surface area contributed by atoms with Crippen molar-refractivity contribution >= 4 is 32.3 Å². The van der Waals surface area contributed by atoms with Crippen LogP contribution >= 0.6 is 0 Å². The van der Waals surface area contributed by atoms with E-state index in [1.54, 1.807) is 43.7 Å². The number of fused-ring (bicyclic) bond motifs is 6. The second-order valence-electron chi connectivity index (χ2n) is 15.3. The molecule has 3 heterocycles. The molecule has 3 atom stereocenters. The Bertz CT molecular complexity index is 3000. The predicted molar refractivity (Wildman–Crippen MR) is 225 cm³/mol. The average Bonchev–Trinajstić information content (AvgIpc) is 3.25. The van der Waals surface area contributed by atoms with Crippen LogP contribution in [0.2, 0.25) is 0 Å². The van der Waals surface area contributed by atoms with Crippen molar-refractivity contribution in [3.63, 3.8) is 0 Å². The molecule has 9 heteroatoms. The van der Waals surface area contributed by atoms with Gasteiger partial charge in [0.2, 0.25) is 0 Å². The Morgan fingerprint density at radius 1 is 0.459 bits per heavy atom. The molecule has 61 heavy (non-hydrogen) atoms. The summed E-state index contributed by atoms with van der Waals surface area (Å²) in [4.78, 5) is 13.4. The van der Waals surface area contributed by atoms with Crippen LogP contribution in [0.15, 0.2) is 122 Å². The second-order valence-corrected chi connectivity index (χ2v) is 15.3. The monoisotopic (exact) mass is 1340 g/mol. The summed E-state index contributed by atoms with van der Waals surface area (Å²) in [6.07, 6.45) is 5.34. The van der Waals surface area contributed by atoms with E-state index in [1.165, 1.54) is 12.1 Å². The molecule has 3 nitrogen and oxygen atoms in total. The van der Waals surface area contributed by atoms with Crippen LogP contribution in [0, 0.1) is 42.6 Å². The number of benzene rings is 6. The quantitative estimate of drug-likeness (QED) is 0.142. The van der Waals surface area contributed by atoms with Crippen LogP contribution < -0.4 is 0 Å². The van der Waals surface area contributed by atoms with Crippen molar-refractivity contribution < 1.29 is 73.5 Å². The third kappa shape index (κ3) is 7.14. The first-order valence-corrected chi connectivity index (χ1v) is 19.5. The summed E-state index contributed by atoms with van der Waals surface area (Å²) in [5, 5.41) is 6.85. The van der Waals surface area contributed by atoms with E-state index >= 15 is 0 Å². The molecular weight excluding hydrogens is 1300 g/mol. The number of aromatic nitrogens is 3. The molecule has 309 valence electrons. The maximum absolute atomic E-state index is 14.6. The number of nitrogens with zero attached hydrogens (tertiary/aromatic N) is 3. The molecule has 9 aromatic rings. The van der Waals surface area contributed by atoms with E-state index in [1.807, 2.05) is 50.2 Å². The van der Waals surface area contributed by atoms with Crippen LogP contribution in [0.1, 0.15) is 77.5 Å². The van der Waals surface area contributed by atoms with Crippen LogP contribution in [0.5, 0.6) is 0 Å². The van der Waals surface area contributed by atoms with Crippen molar-refractivity contribution in [1.82, 2.24) is 15.0 Å². The van der Waals surface area contributed by atoms with Gasteiger partial charge in [0.1, 0.15) is 0 Å². The van der Waals surface area contributed by atoms with Gasteiger partial charge in [0, 0.05) is 96.4 Å². The zero-order valence-electron chi connectivity index (χ0n) is 33.3. The van der Waals surface area contributed by atoms with Crippen molar-refractivity contribution in [2.24, 2.45) is 0 Å². The van der Waals surface area contributed by atoms with E-state index in [0.29, 0.717) is 16.7 Å². The summed E-state index contributed by atoms with van der Waals surface area (Å²) in [6.45, 7) is 7.92. The maximum atomic E-state index is 14.6. The molecule has 0 saturated heterocycles. The molecule has 0 amide bonds. The Hall–Kier alpha value is -4.71. The summed E-state index contributed by atoms with van der Waals surface area (Å²) >= 11 is 0. The van der Waals surface area contributed by atoms with Crippen molar-refractivity contribution in [1.29, 1.82) is 0 Å². The molecule has 0 spiro atoms. The minimum atomic E-state index is -0.172. The number of hydrogen-bond donors (Lipinski definition) is 0. The largest absolute Gasteiger partial charge is 0.304 e. The SMILES string of the molecule is CC1c2c([c-]ccc2F)-c2nccc3cccc1c23.CC1c2c([c-]ccc2F)-c2nccc3cccc1c23.Cc1c[c-]c2c(c1F)C(C)c1cccc3ccnc-2c13.[Ir].[Ir].[Ir]. The molecule has 0 bridgehead atoms. The van der Waals surface area contributed by atoms with Crippen LogP contribution in [0.25, 0.3) is 66.1 Å². The van der Waals surface area contributed by atoms with Crippen LogP contribution in [0.3, 0.4) is 0 Å². The Labute approximate surface area is 393 Å². The smallest absolute Gasteiger partial charge is 0.0485 e. The van der Waals surface area contributed by atoms with Crippen molar-refractivity contribution in [3.05, 3.63) is 196 Å². The van der Waals surface area contributed by atoms with Gasteiger partial charge in [-0.2, -0.15) is 0 Å². The molecule has 3 radical (unpaired) electrons. The van der Waals surface area contributed by atoms with Crippen molar-refractivity contribution in [2.45, 2.75) is 45.4 Å². The van der Waals surface area contributed by atoms with Gasteiger partial charge in [-0.15, -0.1) is 65.2 Å². The van der Waals surface area contributed by atoms with Crippen molar-refractivity contribution in [3.8, 4) is 33.8 Å². The Morgan fingerprint density at radius 2 is 0.820 bits per heavy atom. The Kier molecular flexibility index (Phi) is 12.8. The zero-order valence-corrected chi connectivity index (χ0v) is 40.4. The van der Waals surface area contributed by atoms with E-state index in [2.05, 4.69) is 76.5 Å². The standard InChI is InChI=1S/C18H13FN.2C17H11FN.3Ir/c1-10-6-7-14-15(17(10)19)11(2)13-5-3-4-12-8-9-20-18(14)16(12)13;2*1-10-12-5-2-4-11-8-9-19-17(16(11)12)13-6-3-7-14(18)15(10)13;;;/h3-6,8-9,11H,1-2H3;2*2-5,7-10H,1H3;;;/q3*-1;;;. The number of halogens is 3. The molecule has 3 aromatic heterocycles. The molecule has 0 N–H and O–H groups in total. The van der Waals surface area contributed by atoms with Crippen LogP contribution in [-0.4, -0.2) is 15.0 Å². The summed E-state index contributed by atoms with van der Waals surface area (Å²) in [5.74, 6) is -0.370. The van der Waals surface area contributed by atoms with Gasteiger partial charge in [-0.3, -0.25) is 0 Å². The molecule has 0 aliphatic heterocycles. The summed E-state index contributed by atoms with van der Waals surface area (Å²) in [6, 6.07) is 42.0. The molecule has 12 rings (SSSR count). The molecule has 6 aromatic carbocycles. The average molecular weight is 1340 g/mol. The van der Waals surface area contributed by atoms with E-state index in [-0.39, 0.29) is 95.5 Å². The van der Waals surface area contributed by atoms with E-state index in [0.717, 1.165) is 88.3 Å². The zero-order chi connectivity index (χ0) is 39.8. The van der Waals surface area contributed by atoms with Crippen LogP contribution in [0.4, 0.5) is 13.2 Å². The molecule has 3 unspecified atom stereocenters. The molecule has 0 saturated carbocycles. The van der Waals surface area contributed by atoms with Gasteiger partial charge in [-0.25, -0.2) is 13.2 Å². The van der Waals surface area contributed by atoms with E-state index < -0.39 is 0 Å². The first-order chi connectivity index (χ1) is 28.2. The molecule has 3 aliphatic rings. The minimum absolute atomic E-state index is 0. The molecule has 3 aliphatic carbocycles. The topological polar surface area (TPSA) is 38.7 Å². The molecular formula is C52H35F3Ir3N3-3. The van der Waals surface area contributed by atoms with Gasteiger partial charge in [-0.1, -0.05) is 105 Å². The normalized spacial score (nSPS) is 15.6. The Balaban J connectivity index is 0.000000135. The van der Waals surface area contributed by atoms with Gasteiger partial charge in [0.05, 0.1) is 0 Å². The van der Waals surface area contributed by atoms with Gasteiger partial charge < -0.3 is 15.0 Å². The van der Waals surface area contributed by atoms with Crippen molar-refractivity contribution in [2.75, 3.05) is 0 Å². The first-order valence-electron chi connectivity index (χ1n) is 19.5. The fourth-order valence-corrected chi connectivity index (χ4v) is 9.35. The summed E-state index contributed by atoms with van der Waals surface area (Å²) in [7, 11) is 0. The number of rotatable bonds is 0. The number of aryl methyl sites for hydroxylation is 1. The number of hydrogen-bond acceptors (Lipinski definition) is 3. The fraction of sp³-hybridized carbons (Fsp3) is 0.135. The van der Waals surface area contributed by atoms with Gasteiger partial charge in [-0.05, 0) is 102 Å². The van der Waals surface area contributed by atoms with E-state index in [4.69, 9.17) is 0 Å². The minimum Gasteiger partial charge on any atom is -0.304 e. The second kappa shape index (κ2) is 17.6. The fourth-order valence-electron chi connectivity index (χ4n) is 9.35. The van der Waals surface area contributed by atoms with Gasteiger partial charge in [0.25, 0.3) is 0 Å². The first kappa shape index (κ1) is 44.3. The molecule has 0 fully saturated rings. The summed E-state index contributed by atoms with van der Waals surface area (Å²) in [5.41, 5.74) is 11.2. The number of pyridine rings is 3. The van der Waals surface area contributed by atoms with Crippen LogP contribution in [-0.2, 0) is 60.3 Å². The Morgan fingerprint density at radius 3 is 1.21 bits per heavy atom. The summed E-state index contributed by atoms with van der Waals surface area (Å²) < 4.78 is 42.9.